The standard InChI is InChI=1S/C24H35N7O3SSi.C17H21ClN6O3SSi.C7H15N.ClH/c1-16-13-24(3,4)30(14-16)22-18(23(32)28-35(33,34)19-15-29(5)26-17(19)2)9-10-20(25-22)31-12-11-21(27-31)36(6,7)8;1-11-13(10-23(2)20-11)28(26,27)22-17(25)12-6-7-14(19-16(12)18)24-9-8-15(21-24)29(3,4)5;1-6-4-7(2,3)8-5-6;/h9-12,15-16H,13-14H2,1-8H3,(H,28,32);6-10H,1-5H3,(H,22,25);6,8H,4-5H2,1-3H3;1H/t16-;;6-;/m0.0./s1. The number of aromatic nitrogens is 10. The lowest BCUT2D eigenvalue weighted by atomic mass is 9.97. The molecule has 26 heteroatoms. The third kappa shape index (κ3) is 14.2. The first-order valence-electron chi connectivity index (χ1n) is 24.0. The Morgan fingerprint density at radius 2 is 1.12 bits per heavy atom. The molecular formula is C48H72Cl2N14O6S2Si2. The monoisotopic (exact) mass is 1130 g/mol. The van der Waals surface area contributed by atoms with Crippen molar-refractivity contribution in [3.05, 3.63) is 88.9 Å². The van der Waals surface area contributed by atoms with Crippen molar-refractivity contribution in [1.29, 1.82) is 0 Å². The van der Waals surface area contributed by atoms with Crippen molar-refractivity contribution in [3.63, 3.8) is 0 Å². The first-order chi connectivity index (χ1) is 33.6. The van der Waals surface area contributed by atoms with Gasteiger partial charge in [0.15, 0.2) is 11.6 Å². The minimum atomic E-state index is -4.11. The molecule has 0 bridgehead atoms. The van der Waals surface area contributed by atoms with Crippen LogP contribution in [0.15, 0.2) is 71.0 Å². The van der Waals surface area contributed by atoms with E-state index in [9.17, 15) is 26.4 Å². The van der Waals surface area contributed by atoms with Crippen molar-refractivity contribution < 1.29 is 26.4 Å². The van der Waals surface area contributed by atoms with Gasteiger partial charge in [0.2, 0.25) is 0 Å². The average molecular weight is 1130 g/mol. The summed E-state index contributed by atoms with van der Waals surface area (Å²) in [4.78, 5) is 36.9. The van der Waals surface area contributed by atoms with Gasteiger partial charge in [0.1, 0.15) is 36.9 Å². The Labute approximate surface area is 449 Å². The summed E-state index contributed by atoms with van der Waals surface area (Å²) >= 11 is 6.17. The lowest BCUT2D eigenvalue weighted by Gasteiger charge is -2.34. The van der Waals surface area contributed by atoms with E-state index < -0.39 is 48.0 Å². The number of rotatable bonds is 11. The van der Waals surface area contributed by atoms with Crippen LogP contribution in [0.3, 0.4) is 0 Å². The quantitative estimate of drug-likeness (QED) is 0.0991. The van der Waals surface area contributed by atoms with Crippen LogP contribution in [0.1, 0.15) is 86.5 Å². The van der Waals surface area contributed by atoms with E-state index in [-0.39, 0.29) is 49.7 Å². The van der Waals surface area contributed by atoms with Gasteiger partial charge in [-0.1, -0.05) is 64.7 Å². The molecule has 6 aromatic heterocycles. The van der Waals surface area contributed by atoms with Crippen LogP contribution in [0, 0.1) is 25.7 Å². The van der Waals surface area contributed by atoms with E-state index in [1.54, 1.807) is 61.7 Å². The molecule has 0 radical (unpaired) electrons. The van der Waals surface area contributed by atoms with E-state index in [1.807, 2.05) is 23.1 Å². The summed E-state index contributed by atoms with van der Waals surface area (Å²) in [5.74, 6) is 1.12. The van der Waals surface area contributed by atoms with Gasteiger partial charge in [-0.25, -0.2) is 45.6 Å². The van der Waals surface area contributed by atoms with Crippen LogP contribution in [-0.2, 0) is 34.1 Å². The van der Waals surface area contributed by atoms with Crippen LogP contribution < -0.4 is 30.3 Å². The summed E-state index contributed by atoms with van der Waals surface area (Å²) in [6, 6.07) is 10.3. The van der Waals surface area contributed by atoms with Gasteiger partial charge in [-0.2, -0.15) is 20.4 Å². The second-order valence-corrected chi connectivity index (χ2v) is 36.2. The molecule has 2 amide bonds. The summed E-state index contributed by atoms with van der Waals surface area (Å²) < 4.78 is 61.3. The molecule has 0 spiro atoms. The van der Waals surface area contributed by atoms with Gasteiger partial charge in [-0.3, -0.25) is 19.0 Å². The molecule has 0 aliphatic carbocycles. The number of amides is 2. The number of carbonyl (C=O) groups excluding carboxylic acids is 2. The number of sulfonamides is 2. The van der Waals surface area contributed by atoms with E-state index in [2.05, 4.69) is 116 Å². The van der Waals surface area contributed by atoms with E-state index in [0.717, 1.165) is 23.0 Å². The highest BCUT2D eigenvalue weighted by Crippen LogP contribution is 2.38. The molecule has 74 heavy (non-hydrogen) atoms. The van der Waals surface area contributed by atoms with Crippen LogP contribution in [-0.4, -0.2) is 118 Å². The zero-order chi connectivity index (χ0) is 54.4. The third-order valence-electron chi connectivity index (χ3n) is 12.5. The van der Waals surface area contributed by atoms with Crippen molar-refractivity contribution in [3.8, 4) is 11.6 Å². The molecule has 8 heterocycles. The number of pyridine rings is 2. The molecule has 2 fully saturated rings. The molecule has 6 aromatic rings. The minimum Gasteiger partial charge on any atom is -0.350 e. The smallest absolute Gasteiger partial charge is 0.268 e. The number of carbonyl (C=O) groups is 2. The third-order valence-corrected chi connectivity index (χ3v) is 19.2. The van der Waals surface area contributed by atoms with E-state index in [0.29, 0.717) is 41.1 Å². The predicted octanol–water partition coefficient (Wildman–Crippen LogP) is 6.04. The summed E-state index contributed by atoms with van der Waals surface area (Å²) in [7, 11) is -8.18. The highest BCUT2D eigenvalue weighted by Gasteiger charge is 2.40. The maximum absolute atomic E-state index is 13.4. The SMILES string of the molecule is C[C@@H]1CNC(C)(C)C1.Cc1nn(C)cc1S(=O)(=O)NC(=O)c1ccc(-n2ccc([Si](C)(C)C)n2)nc1Cl.Cc1nn(C)cc1S(=O)(=O)NC(=O)c1ccc(-n2ccc([Si](C)(C)C)n2)nc1N1C[C@@H](C)CC1(C)C.Cl. The number of halogens is 2. The van der Waals surface area contributed by atoms with Crippen molar-refractivity contribution in [2.75, 3.05) is 18.0 Å². The van der Waals surface area contributed by atoms with Crippen LogP contribution >= 0.6 is 24.0 Å². The summed E-state index contributed by atoms with van der Waals surface area (Å²) in [5, 5.41) is 22.7. The minimum absolute atomic E-state index is 0. The van der Waals surface area contributed by atoms with Gasteiger partial charge in [0, 0.05) is 67.1 Å². The molecule has 0 unspecified atom stereocenters. The zero-order valence-electron chi connectivity index (χ0n) is 45.2. The van der Waals surface area contributed by atoms with Gasteiger partial charge >= 0.3 is 0 Å². The molecule has 0 saturated carbocycles. The fraction of sp³-hybridized carbons (Fsp3) is 0.500. The van der Waals surface area contributed by atoms with Crippen LogP contribution in [0.2, 0.25) is 44.4 Å². The first kappa shape index (κ1) is 59.6. The second-order valence-electron chi connectivity index (χ2n) is 22.5. The normalized spacial score (nSPS) is 17.4. The number of hydrogen-bond donors (Lipinski definition) is 3. The zero-order valence-corrected chi connectivity index (χ0v) is 50.4. The topological polar surface area (TPSA) is 239 Å². The fourth-order valence-corrected chi connectivity index (χ4v) is 13.5. The highest BCUT2D eigenvalue weighted by molar-refractivity contribution is 7.90. The molecule has 20 nitrogen and oxygen atoms in total. The van der Waals surface area contributed by atoms with Crippen molar-refractivity contribution in [1.82, 2.24) is 63.9 Å². The van der Waals surface area contributed by atoms with Crippen LogP contribution in [0.5, 0.6) is 0 Å². The molecule has 2 aliphatic heterocycles. The van der Waals surface area contributed by atoms with Crippen LogP contribution in [0.4, 0.5) is 5.82 Å². The van der Waals surface area contributed by atoms with Crippen LogP contribution in [0.25, 0.3) is 11.6 Å². The maximum Gasteiger partial charge on any atom is 0.268 e. The number of nitrogens with zero attached hydrogens (tertiary/aromatic N) is 11. The Morgan fingerprint density at radius 3 is 1.46 bits per heavy atom. The largest absolute Gasteiger partial charge is 0.350 e. The number of aryl methyl sites for hydroxylation is 4. The molecule has 2 atom stereocenters. The lowest BCUT2D eigenvalue weighted by Crippen LogP contribution is -2.41. The summed E-state index contributed by atoms with van der Waals surface area (Å²) in [6.45, 7) is 31.5. The Hall–Kier alpha value is -5.25. The van der Waals surface area contributed by atoms with Gasteiger partial charge in [0.05, 0.1) is 22.5 Å². The Bertz CT molecular complexity index is 3250. The first-order valence-corrected chi connectivity index (χ1v) is 34.4. The maximum atomic E-state index is 13.4. The van der Waals surface area contributed by atoms with Gasteiger partial charge in [-0.15, -0.1) is 12.4 Å². The van der Waals surface area contributed by atoms with Gasteiger partial charge in [0.25, 0.3) is 31.9 Å². The Kier molecular flexibility index (Phi) is 17.8. The predicted molar refractivity (Wildman–Crippen MR) is 297 cm³/mol. The van der Waals surface area contributed by atoms with Crippen molar-refractivity contribution >= 4 is 88.5 Å². The average Bonchev–Trinajstić information content (AvgIpc) is 4.12. The van der Waals surface area contributed by atoms with Crippen molar-refractivity contribution in [2.45, 2.75) is 128 Å². The molecular weight excluding hydrogens is 1060 g/mol. The Balaban J connectivity index is 0.000000239. The second kappa shape index (κ2) is 22.1. The number of anilines is 1. The molecule has 2 aliphatic rings. The Morgan fingerprint density at radius 1 is 0.676 bits per heavy atom. The molecule has 2 saturated heterocycles. The lowest BCUT2D eigenvalue weighted by molar-refractivity contribution is 0.0972. The van der Waals surface area contributed by atoms with E-state index >= 15 is 0 Å². The number of nitrogens with one attached hydrogen (secondary N) is 3. The summed E-state index contributed by atoms with van der Waals surface area (Å²) in [5.41, 5.74) is 0.898. The van der Waals surface area contributed by atoms with Gasteiger partial charge < -0.3 is 10.2 Å². The summed E-state index contributed by atoms with van der Waals surface area (Å²) in [6.07, 6.45) is 8.62. The van der Waals surface area contributed by atoms with Gasteiger partial charge in [-0.05, 0) is 109 Å². The molecule has 8 rings (SSSR count). The fourth-order valence-electron chi connectivity index (χ4n) is 8.95. The van der Waals surface area contributed by atoms with Crippen molar-refractivity contribution in [2.24, 2.45) is 25.9 Å². The highest BCUT2D eigenvalue weighted by atomic mass is 35.5. The van der Waals surface area contributed by atoms with E-state index in [4.69, 9.17) is 21.7 Å². The molecule has 404 valence electrons. The van der Waals surface area contributed by atoms with E-state index in [1.165, 1.54) is 40.8 Å². The number of hydrogen-bond acceptors (Lipinski definition) is 14. The molecule has 3 N–H and O–H groups in total. The molecule has 0 aromatic carbocycles.